The van der Waals surface area contributed by atoms with Crippen LogP contribution in [0.5, 0.6) is 5.75 Å². The molecule has 2 rings (SSSR count). The summed E-state index contributed by atoms with van der Waals surface area (Å²) in [5.74, 6) is 0.206. The number of nitrogens with one attached hydrogen (secondary N) is 1. The number of hydrogen-bond donors (Lipinski definition) is 1. The lowest BCUT2D eigenvalue weighted by Crippen LogP contribution is -2.30. The molecule has 26 heavy (non-hydrogen) atoms. The average Bonchev–Trinajstić information content (AvgIpc) is 2.62. The zero-order chi connectivity index (χ0) is 19.3. The zero-order valence-corrected chi connectivity index (χ0v) is 15.6. The van der Waals surface area contributed by atoms with E-state index in [1.807, 2.05) is 24.3 Å². The van der Waals surface area contributed by atoms with Gasteiger partial charge in [-0.05, 0) is 37.0 Å². The summed E-state index contributed by atoms with van der Waals surface area (Å²) in [5.41, 5.74) is 1.67. The normalized spacial score (nSPS) is 12.9. The number of nitrogens with zero attached hydrogens (tertiary/aromatic N) is 1. The Morgan fingerprint density at radius 1 is 1.27 bits per heavy atom. The smallest absolute Gasteiger partial charge is 0.271 e. The number of non-ortho nitro benzene ring substituents is 1. The van der Waals surface area contributed by atoms with Gasteiger partial charge in [0, 0.05) is 17.8 Å². The molecule has 0 fully saturated rings. The Morgan fingerprint density at radius 3 is 2.58 bits per heavy atom. The summed E-state index contributed by atoms with van der Waals surface area (Å²) < 4.78 is 5.57. The Morgan fingerprint density at radius 2 is 1.96 bits per heavy atom. The maximum absolute atomic E-state index is 12.5. The lowest BCUT2D eigenvalue weighted by Gasteiger charge is -2.19. The van der Waals surface area contributed by atoms with Crippen molar-refractivity contribution < 1.29 is 14.5 Å². The Labute approximate surface area is 157 Å². The molecule has 0 aliphatic rings. The molecule has 6 nitrogen and oxygen atoms in total. The van der Waals surface area contributed by atoms with Crippen molar-refractivity contribution >= 4 is 28.9 Å². The Hall–Kier alpha value is -2.60. The second-order valence-corrected chi connectivity index (χ2v) is 6.42. The predicted octanol–water partition coefficient (Wildman–Crippen LogP) is 5.17. The number of para-hydroxylation sites is 1. The topological polar surface area (TPSA) is 81.5 Å². The molecule has 1 N–H and O–H groups in total. The highest BCUT2D eigenvalue weighted by Crippen LogP contribution is 2.30. The number of rotatable bonds is 7. The molecule has 2 atom stereocenters. The third-order valence-electron chi connectivity index (χ3n) is 4.16. The molecule has 2 aromatic carbocycles. The molecule has 0 radical (unpaired) electrons. The fraction of sp³-hybridized carbons (Fsp3) is 0.316. The minimum Gasteiger partial charge on any atom is -0.479 e. The molecule has 7 heteroatoms. The summed E-state index contributed by atoms with van der Waals surface area (Å²) in [6.45, 7) is 5.78. The van der Waals surface area contributed by atoms with Crippen LogP contribution < -0.4 is 10.1 Å². The van der Waals surface area contributed by atoms with Crippen LogP contribution in [0.25, 0.3) is 0 Å². The summed E-state index contributed by atoms with van der Waals surface area (Å²) in [6, 6.07) is 11.5. The molecule has 0 aromatic heterocycles. The lowest BCUT2D eigenvalue weighted by molar-refractivity contribution is -0.384. The molecule has 0 heterocycles. The standard InChI is InChI=1S/C19H21ClN2O4/c1-4-12(2)15-7-5-6-8-17(15)21-19(23)13(3)26-18-10-9-14(22(24)25)11-16(18)20/h5-13H,4H2,1-3H3,(H,21,23)/t12-,13+/m0/s1. The van der Waals surface area contributed by atoms with Crippen LogP contribution in [0.2, 0.25) is 5.02 Å². The van der Waals surface area contributed by atoms with Gasteiger partial charge in [-0.25, -0.2) is 0 Å². The van der Waals surface area contributed by atoms with E-state index in [9.17, 15) is 14.9 Å². The number of carbonyl (C=O) groups is 1. The molecule has 138 valence electrons. The highest BCUT2D eigenvalue weighted by Gasteiger charge is 2.19. The van der Waals surface area contributed by atoms with Crippen molar-refractivity contribution in [2.45, 2.75) is 39.2 Å². The SMILES string of the molecule is CC[C@H](C)c1ccccc1NC(=O)[C@@H](C)Oc1ccc([N+](=O)[O-])cc1Cl. The number of nitro groups is 1. The second-order valence-electron chi connectivity index (χ2n) is 6.02. The first-order valence-corrected chi connectivity index (χ1v) is 8.71. The molecule has 0 aliphatic carbocycles. The average molecular weight is 377 g/mol. The van der Waals surface area contributed by atoms with Crippen LogP contribution in [0, 0.1) is 10.1 Å². The van der Waals surface area contributed by atoms with Gasteiger partial charge in [0.25, 0.3) is 11.6 Å². The van der Waals surface area contributed by atoms with Crippen molar-refractivity contribution in [3.05, 3.63) is 63.2 Å². The molecule has 0 spiro atoms. The summed E-state index contributed by atoms with van der Waals surface area (Å²) in [5, 5.41) is 13.7. The number of nitro benzene ring substituents is 1. The Kier molecular flexibility index (Phi) is 6.58. The minimum absolute atomic E-state index is 0.0823. The first-order chi connectivity index (χ1) is 12.3. The van der Waals surface area contributed by atoms with Gasteiger partial charge in [0.2, 0.25) is 0 Å². The van der Waals surface area contributed by atoms with Crippen LogP contribution in [0.1, 0.15) is 38.7 Å². The van der Waals surface area contributed by atoms with E-state index in [0.29, 0.717) is 5.92 Å². The molecule has 2 aromatic rings. The molecule has 0 saturated carbocycles. The van der Waals surface area contributed by atoms with E-state index in [4.69, 9.17) is 16.3 Å². The van der Waals surface area contributed by atoms with Gasteiger partial charge >= 0.3 is 0 Å². The van der Waals surface area contributed by atoms with Gasteiger partial charge in [-0.1, -0.05) is 43.6 Å². The third-order valence-corrected chi connectivity index (χ3v) is 4.46. The maximum atomic E-state index is 12.5. The van der Waals surface area contributed by atoms with E-state index >= 15 is 0 Å². The quantitative estimate of drug-likeness (QED) is 0.534. The molecular weight excluding hydrogens is 356 g/mol. The van der Waals surface area contributed by atoms with Gasteiger partial charge in [0.15, 0.2) is 6.10 Å². The van der Waals surface area contributed by atoms with E-state index < -0.39 is 11.0 Å². The van der Waals surface area contributed by atoms with Crippen LogP contribution in [0.4, 0.5) is 11.4 Å². The molecule has 0 aliphatic heterocycles. The second kappa shape index (κ2) is 8.67. The van der Waals surface area contributed by atoms with E-state index in [1.165, 1.54) is 18.2 Å². The van der Waals surface area contributed by atoms with Gasteiger partial charge in [0.05, 0.1) is 9.95 Å². The number of benzene rings is 2. The fourth-order valence-corrected chi connectivity index (χ4v) is 2.66. The van der Waals surface area contributed by atoms with Gasteiger partial charge < -0.3 is 10.1 Å². The van der Waals surface area contributed by atoms with Crippen LogP contribution >= 0.6 is 11.6 Å². The number of halogens is 1. The predicted molar refractivity (Wildman–Crippen MR) is 102 cm³/mol. The largest absolute Gasteiger partial charge is 0.479 e. The lowest BCUT2D eigenvalue weighted by atomic mass is 9.97. The molecule has 0 bridgehead atoms. The molecule has 0 saturated heterocycles. The van der Waals surface area contributed by atoms with Crippen LogP contribution in [0.3, 0.4) is 0 Å². The monoisotopic (exact) mass is 376 g/mol. The number of amides is 1. The van der Waals surface area contributed by atoms with Crippen molar-refractivity contribution in [2.24, 2.45) is 0 Å². The maximum Gasteiger partial charge on any atom is 0.271 e. The molecule has 0 unspecified atom stereocenters. The van der Waals surface area contributed by atoms with Crippen LogP contribution in [-0.4, -0.2) is 16.9 Å². The van der Waals surface area contributed by atoms with Crippen LogP contribution in [-0.2, 0) is 4.79 Å². The van der Waals surface area contributed by atoms with E-state index in [1.54, 1.807) is 6.92 Å². The fourth-order valence-electron chi connectivity index (χ4n) is 2.44. The third kappa shape index (κ3) is 4.73. The number of anilines is 1. The van der Waals surface area contributed by atoms with Crippen molar-refractivity contribution in [3.8, 4) is 5.75 Å². The Bertz CT molecular complexity index is 810. The number of hydrogen-bond acceptors (Lipinski definition) is 4. The van der Waals surface area contributed by atoms with Gasteiger partial charge in [-0.15, -0.1) is 0 Å². The number of carbonyl (C=O) groups excluding carboxylic acids is 1. The highest BCUT2D eigenvalue weighted by molar-refractivity contribution is 6.32. The minimum atomic E-state index is -0.820. The van der Waals surface area contributed by atoms with Crippen molar-refractivity contribution in [1.29, 1.82) is 0 Å². The zero-order valence-electron chi connectivity index (χ0n) is 14.9. The van der Waals surface area contributed by atoms with Gasteiger partial charge in [-0.3, -0.25) is 14.9 Å². The van der Waals surface area contributed by atoms with Crippen molar-refractivity contribution in [2.75, 3.05) is 5.32 Å². The van der Waals surface area contributed by atoms with E-state index in [-0.39, 0.29) is 22.4 Å². The number of ether oxygens (including phenoxy) is 1. The van der Waals surface area contributed by atoms with Gasteiger partial charge in [0.1, 0.15) is 5.75 Å². The summed E-state index contributed by atoms with van der Waals surface area (Å²) >= 11 is 6.01. The van der Waals surface area contributed by atoms with Gasteiger partial charge in [-0.2, -0.15) is 0 Å². The molecular formula is C19H21ClN2O4. The van der Waals surface area contributed by atoms with Crippen molar-refractivity contribution in [1.82, 2.24) is 0 Å². The Balaban J connectivity index is 2.10. The summed E-state index contributed by atoms with van der Waals surface area (Å²) in [6.07, 6.45) is 0.135. The summed E-state index contributed by atoms with van der Waals surface area (Å²) in [4.78, 5) is 22.7. The first kappa shape index (κ1) is 19.7. The van der Waals surface area contributed by atoms with Crippen LogP contribution in [0.15, 0.2) is 42.5 Å². The first-order valence-electron chi connectivity index (χ1n) is 8.33. The van der Waals surface area contributed by atoms with Crippen molar-refractivity contribution in [3.63, 3.8) is 0 Å². The van der Waals surface area contributed by atoms with E-state index in [2.05, 4.69) is 19.2 Å². The highest BCUT2D eigenvalue weighted by atomic mass is 35.5. The van der Waals surface area contributed by atoms with E-state index in [0.717, 1.165) is 17.7 Å². The molecule has 1 amide bonds. The summed E-state index contributed by atoms with van der Waals surface area (Å²) in [7, 11) is 0.